The average molecular weight is 625 g/mol. The Morgan fingerprint density at radius 1 is 0.568 bits per heavy atom. The second kappa shape index (κ2) is 32.8. The van der Waals surface area contributed by atoms with Crippen LogP contribution in [-0.2, 0) is 19.1 Å². The molecule has 0 saturated carbocycles. The molecule has 44 heavy (non-hydrogen) atoms. The zero-order valence-corrected chi connectivity index (χ0v) is 29.0. The fourth-order valence-corrected chi connectivity index (χ4v) is 5.80. The van der Waals surface area contributed by atoms with Gasteiger partial charge in [0.25, 0.3) is 0 Å². The number of carboxylic acids is 1. The first-order valence-corrected chi connectivity index (χ1v) is 18.9. The highest BCUT2D eigenvalue weighted by Crippen LogP contribution is 2.19. The summed E-state index contributed by atoms with van der Waals surface area (Å²) in [7, 11) is 0. The number of aliphatic carboxylic acids is 1. The smallest absolute Gasteiger partial charge is 0.326 e. The quantitative estimate of drug-likeness (QED) is 0.0484. The maximum Gasteiger partial charge on any atom is 0.326 e. The standard InChI is InChI=1S/C37H72N2O5/c1-3-5-7-9-11-13-15-18-22-27-33(44-36(41)31-25-21-16-14-12-10-8-6-4-2)28-23-19-17-20-24-30-35(40)39-34(37(42)43)29-26-32-38/h33-34H,3-32,38H2,1-2H3,(H,39,40)(H,42,43). The Balaban J connectivity index is 4.27. The van der Waals surface area contributed by atoms with Gasteiger partial charge in [-0.1, -0.05) is 136 Å². The first-order valence-electron chi connectivity index (χ1n) is 18.9. The van der Waals surface area contributed by atoms with E-state index in [4.69, 9.17) is 10.5 Å². The summed E-state index contributed by atoms with van der Waals surface area (Å²) < 4.78 is 5.99. The summed E-state index contributed by atoms with van der Waals surface area (Å²) in [5, 5.41) is 11.9. The molecule has 4 N–H and O–H groups in total. The third kappa shape index (κ3) is 29.1. The lowest BCUT2D eigenvalue weighted by Crippen LogP contribution is -2.40. The lowest BCUT2D eigenvalue weighted by molar-refractivity contribution is -0.150. The zero-order chi connectivity index (χ0) is 32.5. The van der Waals surface area contributed by atoms with Crippen molar-refractivity contribution in [1.29, 1.82) is 0 Å². The van der Waals surface area contributed by atoms with Gasteiger partial charge in [0, 0.05) is 12.8 Å². The van der Waals surface area contributed by atoms with Gasteiger partial charge in [-0.15, -0.1) is 0 Å². The third-order valence-corrected chi connectivity index (χ3v) is 8.67. The Kier molecular flexibility index (Phi) is 31.5. The number of carbonyl (C=O) groups excluding carboxylic acids is 2. The van der Waals surface area contributed by atoms with E-state index in [-0.39, 0.29) is 18.0 Å². The molecule has 0 rings (SSSR count). The number of rotatable bonds is 34. The van der Waals surface area contributed by atoms with Crippen LogP contribution in [0.25, 0.3) is 0 Å². The van der Waals surface area contributed by atoms with Crippen LogP contribution in [0.15, 0.2) is 0 Å². The van der Waals surface area contributed by atoms with Crippen molar-refractivity contribution in [1.82, 2.24) is 5.32 Å². The highest BCUT2D eigenvalue weighted by atomic mass is 16.5. The van der Waals surface area contributed by atoms with Crippen molar-refractivity contribution < 1.29 is 24.2 Å². The van der Waals surface area contributed by atoms with E-state index in [1.165, 1.54) is 96.3 Å². The molecule has 0 saturated heterocycles. The van der Waals surface area contributed by atoms with Gasteiger partial charge in [0.1, 0.15) is 12.1 Å². The number of carboxylic acid groups (broad SMARTS) is 1. The van der Waals surface area contributed by atoms with Crippen LogP contribution in [0.4, 0.5) is 0 Å². The molecule has 0 aliphatic heterocycles. The first-order chi connectivity index (χ1) is 21.4. The molecule has 0 fully saturated rings. The van der Waals surface area contributed by atoms with Crippen LogP contribution in [0.5, 0.6) is 0 Å². The molecule has 0 spiro atoms. The molecule has 7 nitrogen and oxygen atoms in total. The molecule has 0 aromatic carbocycles. The highest BCUT2D eigenvalue weighted by Gasteiger charge is 2.19. The molecule has 0 aromatic rings. The summed E-state index contributed by atoms with van der Waals surface area (Å²) in [6.07, 6.45) is 31.4. The van der Waals surface area contributed by atoms with E-state index in [1.807, 2.05) is 0 Å². The van der Waals surface area contributed by atoms with Crippen LogP contribution in [0.1, 0.15) is 200 Å². The monoisotopic (exact) mass is 625 g/mol. The van der Waals surface area contributed by atoms with Gasteiger partial charge in [-0.25, -0.2) is 4.79 Å². The predicted molar refractivity (Wildman–Crippen MR) is 184 cm³/mol. The van der Waals surface area contributed by atoms with Crippen LogP contribution < -0.4 is 11.1 Å². The summed E-state index contributed by atoms with van der Waals surface area (Å²) in [6, 6.07) is -0.850. The molecule has 2 unspecified atom stereocenters. The third-order valence-electron chi connectivity index (χ3n) is 8.67. The Morgan fingerprint density at radius 3 is 1.41 bits per heavy atom. The van der Waals surface area contributed by atoms with Crippen LogP contribution in [0.2, 0.25) is 0 Å². The van der Waals surface area contributed by atoms with Gasteiger partial charge < -0.3 is 20.9 Å². The fourth-order valence-electron chi connectivity index (χ4n) is 5.80. The van der Waals surface area contributed by atoms with Gasteiger partial charge in [-0.05, 0) is 57.9 Å². The molecule has 0 aliphatic rings. The van der Waals surface area contributed by atoms with Crippen molar-refractivity contribution >= 4 is 17.8 Å². The second-order valence-corrected chi connectivity index (χ2v) is 13.0. The maximum atomic E-state index is 12.6. The number of unbranched alkanes of at least 4 members (excludes halogenated alkanes) is 20. The van der Waals surface area contributed by atoms with Gasteiger partial charge in [-0.3, -0.25) is 9.59 Å². The summed E-state index contributed by atoms with van der Waals surface area (Å²) in [5.41, 5.74) is 5.46. The van der Waals surface area contributed by atoms with Crippen LogP contribution in [0.3, 0.4) is 0 Å². The molecule has 1 amide bonds. The summed E-state index contributed by atoms with van der Waals surface area (Å²) in [6.45, 7) is 4.92. The Hall–Kier alpha value is -1.63. The first kappa shape index (κ1) is 42.4. The van der Waals surface area contributed by atoms with E-state index >= 15 is 0 Å². The molecular formula is C37H72N2O5. The van der Waals surface area contributed by atoms with E-state index in [2.05, 4.69) is 19.2 Å². The molecule has 2 atom stereocenters. The van der Waals surface area contributed by atoms with Crippen molar-refractivity contribution in [3.8, 4) is 0 Å². The molecule has 7 heteroatoms. The Labute approximate surface area is 271 Å². The topological polar surface area (TPSA) is 119 Å². The minimum atomic E-state index is -1.00. The molecule has 0 radical (unpaired) electrons. The minimum Gasteiger partial charge on any atom is -0.480 e. The number of ether oxygens (including phenoxy) is 1. The summed E-state index contributed by atoms with van der Waals surface area (Å²) >= 11 is 0. The van der Waals surface area contributed by atoms with Crippen molar-refractivity contribution in [2.24, 2.45) is 5.73 Å². The van der Waals surface area contributed by atoms with Crippen LogP contribution >= 0.6 is 0 Å². The number of hydrogen-bond acceptors (Lipinski definition) is 5. The van der Waals surface area contributed by atoms with Gasteiger partial charge >= 0.3 is 11.9 Å². The van der Waals surface area contributed by atoms with E-state index in [1.54, 1.807) is 0 Å². The normalized spacial score (nSPS) is 12.6. The largest absolute Gasteiger partial charge is 0.480 e. The molecule has 0 aromatic heterocycles. The van der Waals surface area contributed by atoms with Gasteiger partial charge in [0.2, 0.25) is 5.91 Å². The highest BCUT2D eigenvalue weighted by molar-refractivity contribution is 5.83. The summed E-state index contributed by atoms with van der Waals surface area (Å²) in [5.74, 6) is -1.22. The number of nitrogens with two attached hydrogens (primary N) is 1. The number of nitrogens with one attached hydrogen (secondary N) is 1. The lowest BCUT2D eigenvalue weighted by Gasteiger charge is -2.18. The van der Waals surface area contributed by atoms with Gasteiger partial charge in [0.05, 0.1) is 0 Å². The zero-order valence-electron chi connectivity index (χ0n) is 29.0. The maximum absolute atomic E-state index is 12.6. The summed E-state index contributed by atoms with van der Waals surface area (Å²) in [4.78, 5) is 36.1. The average Bonchev–Trinajstić information content (AvgIpc) is 3.00. The molecule has 0 bridgehead atoms. The van der Waals surface area contributed by atoms with E-state index < -0.39 is 12.0 Å². The molecule has 0 aliphatic carbocycles. The van der Waals surface area contributed by atoms with Crippen molar-refractivity contribution in [2.75, 3.05) is 6.54 Å². The minimum absolute atomic E-state index is 0.0222. The number of esters is 1. The number of hydrogen-bond donors (Lipinski definition) is 3. The lowest BCUT2D eigenvalue weighted by atomic mass is 10.0. The van der Waals surface area contributed by atoms with Crippen molar-refractivity contribution in [3.63, 3.8) is 0 Å². The van der Waals surface area contributed by atoms with Crippen molar-refractivity contribution in [2.45, 2.75) is 212 Å². The van der Waals surface area contributed by atoms with E-state index in [0.717, 1.165) is 64.2 Å². The van der Waals surface area contributed by atoms with Crippen LogP contribution in [0, 0.1) is 0 Å². The number of amides is 1. The van der Waals surface area contributed by atoms with Crippen molar-refractivity contribution in [3.05, 3.63) is 0 Å². The molecule has 260 valence electrons. The number of carbonyl (C=O) groups is 3. The fraction of sp³-hybridized carbons (Fsp3) is 0.919. The SMILES string of the molecule is CCCCCCCCCCCC(=O)OC(CCCCCCCCCCC)CCCCCCCC(=O)NC(CCCN)C(=O)O. The predicted octanol–water partition coefficient (Wildman–Crippen LogP) is 9.78. The Morgan fingerprint density at radius 2 is 0.977 bits per heavy atom. The Bertz CT molecular complexity index is 672. The molecule has 0 heterocycles. The van der Waals surface area contributed by atoms with Gasteiger partial charge in [-0.2, -0.15) is 0 Å². The van der Waals surface area contributed by atoms with E-state index in [9.17, 15) is 19.5 Å². The van der Waals surface area contributed by atoms with Gasteiger partial charge in [0.15, 0.2) is 0 Å². The second-order valence-electron chi connectivity index (χ2n) is 13.0. The van der Waals surface area contributed by atoms with Crippen LogP contribution in [-0.4, -0.2) is 41.6 Å². The molecular weight excluding hydrogens is 552 g/mol. The van der Waals surface area contributed by atoms with E-state index in [0.29, 0.717) is 32.2 Å².